The molecule has 98 valence electrons. The van der Waals surface area contributed by atoms with Gasteiger partial charge < -0.3 is 4.79 Å². The van der Waals surface area contributed by atoms with Crippen LogP contribution in [0.4, 0.5) is 0 Å². The standard InChI is InChI=1S/C15H22N2O/c1-17(11-14-7-3-6-10-16-14)12-15(13-18)8-4-2-5-9-15/h3,6-7,10,13H,2,4-5,8-9,11-12H2,1H3. The molecule has 0 atom stereocenters. The van der Waals surface area contributed by atoms with Gasteiger partial charge in [0.1, 0.15) is 6.29 Å². The van der Waals surface area contributed by atoms with Crippen LogP contribution in [0.3, 0.4) is 0 Å². The van der Waals surface area contributed by atoms with E-state index in [1.165, 1.54) is 25.5 Å². The van der Waals surface area contributed by atoms with Crippen LogP contribution in [0.15, 0.2) is 24.4 Å². The molecule has 0 unspecified atom stereocenters. The maximum atomic E-state index is 11.4. The van der Waals surface area contributed by atoms with Gasteiger partial charge in [0.05, 0.1) is 5.69 Å². The first-order valence-electron chi connectivity index (χ1n) is 6.79. The summed E-state index contributed by atoms with van der Waals surface area (Å²) >= 11 is 0. The first-order valence-corrected chi connectivity index (χ1v) is 6.79. The van der Waals surface area contributed by atoms with Crippen molar-refractivity contribution < 1.29 is 4.79 Å². The highest BCUT2D eigenvalue weighted by Gasteiger charge is 2.32. The molecule has 3 heteroatoms. The van der Waals surface area contributed by atoms with Gasteiger partial charge >= 0.3 is 0 Å². The molecule has 0 saturated heterocycles. The molecule has 18 heavy (non-hydrogen) atoms. The van der Waals surface area contributed by atoms with Crippen molar-refractivity contribution in [3.05, 3.63) is 30.1 Å². The third kappa shape index (κ3) is 3.39. The van der Waals surface area contributed by atoms with Crippen molar-refractivity contribution in [3.8, 4) is 0 Å². The van der Waals surface area contributed by atoms with Crippen LogP contribution < -0.4 is 0 Å². The first kappa shape index (κ1) is 13.2. The lowest BCUT2D eigenvalue weighted by Crippen LogP contribution is -2.38. The quantitative estimate of drug-likeness (QED) is 0.749. The number of aldehydes is 1. The van der Waals surface area contributed by atoms with E-state index in [9.17, 15) is 4.79 Å². The monoisotopic (exact) mass is 246 g/mol. The molecule has 1 fully saturated rings. The normalized spacial score (nSPS) is 18.8. The van der Waals surface area contributed by atoms with Crippen molar-refractivity contribution in [1.29, 1.82) is 0 Å². The van der Waals surface area contributed by atoms with E-state index in [4.69, 9.17) is 0 Å². The fraction of sp³-hybridized carbons (Fsp3) is 0.600. The molecule has 1 aliphatic carbocycles. The number of aromatic nitrogens is 1. The molecule has 0 radical (unpaired) electrons. The maximum Gasteiger partial charge on any atom is 0.127 e. The van der Waals surface area contributed by atoms with Crippen LogP contribution in [-0.2, 0) is 11.3 Å². The first-order chi connectivity index (χ1) is 8.74. The van der Waals surface area contributed by atoms with E-state index in [0.29, 0.717) is 0 Å². The SMILES string of the molecule is CN(Cc1ccccn1)CC1(C=O)CCCCC1. The number of rotatable bonds is 5. The molecule has 1 aromatic heterocycles. The van der Waals surface area contributed by atoms with Crippen molar-refractivity contribution in [1.82, 2.24) is 9.88 Å². The van der Waals surface area contributed by atoms with E-state index >= 15 is 0 Å². The van der Waals surface area contributed by atoms with Crippen LogP contribution in [-0.4, -0.2) is 29.8 Å². The highest BCUT2D eigenvalue weighted by atomic mass is 16.1. The van der Waals surface area contributed by atoms with Gasteiger partial charge in [-0.25, -0.2) is 0 Å². The molecule has 0 spiro atoms. The summed E-state index contributed by atoms with van der Waals surface area (Å²) in [4.78, 5) is 18.0. The molecule has 0 aliphatic heterocycles. The molecule has 1 aromatic rings. The molecule has 1 heterocycles. The second-order valence-electron chi connectivity index (χ2n) is 5.53. The van der Waals surface area contributed by atoms with E-state index in [1.54, 1.807) is 0 Å². The predicted octanol–water partition coefficient (Wildman–Crippen LogP) is 2.66. The summed E-state index contributed by atoms with van der Waals surface area (Å²) in [6.45, 7) is 1.67. The number of hydrogen-bond acceptors (Lipinski definition) is 3. The minimum Gasteiger partial charge on any atom is -0.303 e. The summed E-state index contributed by atoms with van der Waals surface area (Å²) in [6, 6.07) is 5.97. The van der Waals surface area contributed by atoms with E-state index in [2.05, 4.69) is 16.9 Å². The van der Waals surface area contributed by atoms with Gasteiger partial charge in [-0.3, -0.25) is 9.88 Å². The number of nitrogens with zero attached hydrogens (tertiary/aromatic N) is 2. The lowest BCUT2D eigenvalue weighted by molar-refractivity contribution is -0.119. The fourth-order valence-electron chi connectivity index (χ4n) is 2.93. The highest BCUT2D eigenvalue weighted by molar-refractivity contribution is 5.60. The van der Waals surface area contributed by atoms with Crippen molar-refractivity contribution in [2.75, 3.05) is 13.6 Å². The Labute approximate surface area is 109 Å². The molecule has 1 aliphatic rings. The van der Waals surface area contributed by atoms with Crippen LogP contribution in [0.2, 0.25) is 0 Å². The number of pyridine rings is 1. The zero-order chi connectivity index (χ0) is 12.8. The van der Waals surface area contributed by atoms with Gasteiger partial charge in [-0.1, -0.05) is 25.3 Å². The van der Waals surface area contributed by atoms with Gasteiger partial charge in [-0.2, -0.15) is 0 Å². The summed E-state index contributed by atoms with van der Waals surface area (Å²) in [6.07, 6.45) is 8.76. The molecule has 0 N–H and O–H groups in total. The lowest BCUT2D eigenvalue weighted by Gasteiger charge is -2.35. The van der Waals surface area contributed by atoms with E-state index < -0.39 is 0 Å². The summed E-state index contributed by atoms with van der Waals surface area (Å²) in [5.41, 5.74) is 0.957. The highest BCUT2D eigenvalue weighted by Crippen LogP contribution is 2.35. The van der Waals surface area contributed by atoms with Crippen LogP contribution in [0, 0.1) is 5.41 Å². The molecular formula is C15H22N2O. The zero-order valence-electron chi connectivity index (χ0n) is 11.1. The fourth-order valence-corrected chi connectivity index (χ4v) is 2.93. The maximum absolute atomic E-state index is 11.4. The molecule has 0 amide bonds. The van der Waals surface area contributed by atoms with Gasteiger partial charge in [-0.05, 0) is 32.0 Å². The number of hydrogen-bond donors (Lipinski definition) is 0. The smallest absolute Gasteiger partial charge is 0.127 e. The van der Waals surface area contributed by atoms with Gasteiger partial charge in [0, 0.05) is 24.7 Å². The predicted molar refractivity (Wildman–Crippen MR) is 72.2 cm³/mol. The minimum absolute atomic E-state index is 0.109. The molecule has 2 rings (SSSR count). The third-order valence-electron chi connectivity index (χ3n) is 3.84. The Bertz CT molecular complexity index is 371. The van der Waals surface area contributed by atoms with E-state index in [0.717, 1.165) is 31.6 Å². The Morgan fingerprint density at radius 2 is 2.11 bits per heavy atom. The largest absolute Gasteiger partial charge is 0.303 e. The summed E-state index contributed by atoms with van der Waals surface area (Å²) in [7, 11) is 2.08. The average molecular weight is 246 g/mol. The van der Waals surface area contributed by atoms with Crippen molar-refractivity contribution in [3.63, 3.8) is 0 Å². The Morgan fingerprint density at radius 3 is 2.72 bits per heavy atom. The topological polar surface area (TPSA) is 33.2 Å². The minimum atomic E-state index is -0.109. The van der Waals surface area contributed by atoms with E-state index in [-0.39, 0.29) is 5.41 Å². The number of carbonyl (C=O) groups excluding carboxylic acids is 1. The number of carbonyl (C=O) groups is 1. The molecule has 1 saturated carbocycles. The second kappa shape index (κ2) is 6.10. The summed E-state index contributed by atoms with van der Waals surface area (Å²) < 4.78 is 0. The van der Waals surface area contributed by atoms with Crippen LogP contribution in [0.25, 0.3) is 0 Å². The summed E-state index contributed by atoms with van der Waals surface area (Å²) in [5, 5.41) is 0. The third-order valence-corrected chi connectivity index (χ3v) is 3.84. The molecule has 3 nitrogen and oxygen atoms in total. The Balaban J connectivity index is 1.93. The van der Waals surface area contributed by atoms with Crippen molar-refractivity contribution >= 4 is 6.29 Å². The summed E-state index contributed by atoms with van der Waals surface area (Å²) in [5.74, 6) is 0. The van der Waals surface area contributed by atoms with Gasteiger partial charge in [0.2, 0.25) is 0 Å². The molecule has 0 aromatic carbocycles. The van der Waals surface area contributed by atoms with Crippen molar-refractivity contribution in [2.45, 2.75) is 38.6 Å². The molecular weight excluding hydrogens is 224 g/mol. The van der Waals surface area contributed by atoms with Gasteiger partial charge in [-0.15, -0.1) is 0 Å². The lowest BCUT2D eigenvalue weighted by atomic mass is 9.75. The van der Waals surface area contributed by atoms with Crippen LogP contribution >= 0.6 is 0 Å². The zero-order valence-corrected chi connectivity index (χ0v) is 11.1. The average Bonchev–Trinajstić information content (AvgIpc) is 2.41. The molecule has 0 bridgehead atoms. The van der Waals surface area contributed by atoms with Gasteiger partial charge in [0.15, 0.2) is 0 Å². The van der Waals surface area contributed by atoms with Crippen LogP contribution in [0.1, 0.15) is 37.8 Å². The van der Waals surface area contributed by atoms with E-state index in [1.807, 2.05) is 24.4 Å². The Kier molecular flexibility index (Phi) is 4.48. The van der Waals surface area contributed by atoms with Crippen LogP contribution in [0.5, 0.6) is 0 Å². The Hall–Kier alpha value is -1.22. The Morgan fingerprint density at radius 1 is 1.33 bits per heavy atom. The van der Waals surface area contributed by atoms with Gasteiger partial charge in [0.25, 0.3) is 0 Å². The second-order valence-corrected chi connectivity index (χ2v) is 5.53. The van der Waals surface area contributed by atoms with Crippen molar-refractivity contribution in [2.24, 2.45) is 5.41 Å².